The van der Waals surface area contributed by atoms with Gasteiger partial charge in [0.05, 0.1) is 89.0 Å². The summed E-state index contributed by atoms with van der Waals surface area (Å²) < 4.78 is 13.7. The van der Waals surface area contributed by atoms with Crippen molar-refractivity contribution in [3.8, 4) is 91.2 Å². The van der Waals surface area contributed by atoms with Gasteiger partial charge in [-0.15, -0.1) is 0 Å². The number of hydrogen-bond donors (Lipinski definition) is 0. The van der Waals surface area contributed by atoms with Crippen LogP contribution in [0.5, 0.6) is 0 Å². The molecule has 590 valence electrons. The van der Waals surface area contributed by atoms with Crippen LogP contribution < -0.4 is 0 Å². The predicted molar refractivity (Wildman–Crippen MR) is 519 cm³/mol. The van der Waals surface area contributed by atoms with E-state index in [9.17, 15) is 0 Å². The number of rotatable bonds is 11. The average Bonchev–Trinajstić information content (AvgIpc) is 1.60. The van der Waals surface area contributed by atoms with Crippen LogP contribution in [0.25, 0.3) is 222 Å². The molecule has 16 aromatic carbocycles. The molecule has 12 nitrogen and oxygen atoms in total. The lowest BCUT2D eigenvalue weighted by molar-refractivity contribution is 0.952. The van der Waals surface area contributed by atoms with E-state index >= 15 is 0 Å². The quantitative estimate of drug-likeness (QED) is 0.128. The molecule has 0 aliphatic carbocycles. The van der Waals surface area contributed by atoms with Crippen LogP contribution in [0.3, 0.4) is 0 Å². The van der Waals surface area contributed by atoms with E-state index in [1.807, 2.05) is 72.9 Å². The molecule has 0 N–H and O–H groups in total. The minimum absolute atomic E-state index is 0.633. The molecule has 126 heavy (non-hydrogen) atoms. The lowest BCUT2D eigenvalue weighted by Crippen LogP contribution is -2.07. The summed E-state index contributed by atoms with van der Waals surface area (Å²) in [6.07, 6.45) is 1.98. The van der Waals surface area contributed by atoms with Crippen molar-refractivity contribution in [2.45, 2.75) is 0 Å². The molecule has 26 aromatic rings. The van der Waals surface area contributed by atoms with E-state index in [4.69, 9.17) is 29.9 Å². The number of benzene rings is 16. The number of aromatic nitrogens is 12. The molecule has 0 amide bonds. The van der Waals surface area contributed by atoms with Crippen LogP contribution in [-0.4, -0.2) is 57.3 Å². The Morgan fingerprint density at radius 2 is 0.444 bits per heavy atom. The SMILES string of the molecule is c1ccc(-c2cc(-c3cccc(-n4c5ccccc5c5ccccc54)n3)nc(-c3ccccc3)n2)cc1.c1ccc2c(c1)c1ccccc1n2-c1ccc(-c2cc(-n3c4ccccc4c4ccccc43)nc(-n3c4ccccc4c4ccccc43)n2)cc1.c1ccc2c(c1)c1ccccc1n2-c1ccc(-c2ccc(-n3c4ccccc4c4ccccc43)nc2)cc1. The Morgan fingerprint density at radius 1 is 0.151 bits per heavy atom. The summed E-state index contributed by atoms with van der Waals surface area (Å²) in [5.74, 6) is 3.92. The fourth-order valence-corrected chi connectivity index (χ4v) is 18.8. The summed E-state index contributed by atoms with van der Waals surface area (Å²) >= 11 is 0. The molecular weight excluding hydrogens is 1540 g/mol. The maximum atomic E-state index is 5.38. The van der Waals surface area contributed by atoms with Gasteiger partial charge in [0.2, 0.25) is 5.95 Å². The van der Waals surface area contributed by atoms with E-state index in [1.165, 1.54) is 97.7 Å². The number of pyridine rings is 2. The Kier molecular flexibility index (Phi) is 17.6. The molecule has 0 saturated heterocycles. The Bertz CT molecular complexity index is 8050. The molecular formula is C114H74N12. The molecule has 0 saturated carbocycles. The Balaban J connectivity index is 0.000000108. The third-order valence-electron chi connectivity index (χ3n) is 24.5. The molecule has 0 radical (unpaired) electrons. The Morgan fingerprint density at radius 3 is 0.817 bits per heavy atom. The third kappa shape index (κ3) is 12.4. The predicted octanol–water partition coefficient (Wildman–Crippen LogP) is 28.3. The van der Waals surface area contributed by atoms with Crippen LogP contribution in [0.1, 0.15) is 0 Å². The highest BCUT2D eigenvalue weighted by molar-refractivity contribution is 6.14. The van der Waals surface area contributed by atoms with Gasteiger partial charge in [-0.25, -0.2) is 24.9 Å². The van der Waals surface area contributed by atoms with Crippen molar-refractivity contribution in [1.29, 1.82) is 0 Å². The van der Waals surface area contributed by atoms with E-state index in [1.54, 1.807) is 0 Å². The Hall–Kier alpha value is -17.2. The number of nitrogens with zero attached hydrogens (tertiary/aromatic N) is 12. The largest absolute Gasteiger partial charge is 0.309 e. The van der Waals surface area contributed by atoms with E-state index < -0.39 is 0 Å². The van der Waals surface area contributed by atoms with E-state index in [2.05, 4.69) is 404 Å². The zero-order valence-electron chi connectivity index (χ0n) is 68.1. The fraction of sp³-hybridized carbons (Fsp3) is 0. The van der Waals surface area contributed by atoms with Crippen molar-refractivity contribution in [3.05, 3.63) is 449 Å². The van der Waals surface area contributed by atoms with Crippen molar-refractivity contribution >= 4 is 131 Å². The molecule has 0 unspecified atom stereocenters. The second-order valence-corrected chi connectivity index (χ2v) is 31.7. The highest BCUT2D eigenvalue weighted by Crippen LogP contribution is 2.41. The number of fused-ring (bicyclic) bond motifs is 18. The van der Waals surface area contributed by atoms with Crippen LogP contribution in [0.4, 0.5) is 0 Å². The molecule has 12 heteroatoms. The molecule has 0 spiro atoms. The standard InChI is InChI=1S/C46H29N5.C35H23N3.C33H22N4/c1-7-19-39-32(13-1)33-14-2-8-20-40(33)49(39)31-27-25-30(26-28-31)38-29-45(50-41-21-9-3-15-34(41)35-16-4-10-22-42(35)50)48-46(47-38)51-43-23-11-5-17-36(43)37-18-6-12-24-44(37)51;1-5-13-31-27(9-1)28-10-2-6-14-32(28)37(31)26-20-17-24(18-21-26)25-19-22-35(36-23-25)38-33-15-7-3-11-29(33)30-12-4-8-16-34(30)38;1-3-12-23(13-4-1)28-22-29(36-33(35-28)24-14-5-2-6-15-24)27-18-11-21-32(34-27)37-30-19-9-7-16-25(30)26-17-8-10-20-31(26)37/h1-29H;1-23H;1-22H. The molecule has 0 atom stereocenters. The minimum atomic E-state index is 0.633. The van der Waals surface area contributed by atoms with Gasteiger partial charge >= 0.3 is 0 Å². The van der Waals surface area contributed by atoms with E-state index in [0.29, 0.717) is 11.8 Å². The molecule has 26 rings (SSSR count). The number of hydrogen-bond acceptors (Lipinski definition) is 6. The van der Waals surface area contributed by atoms with Gasteiger partial charge < -0.3 is 9.13 Å². The third-order valence-corrected chi connectivity index (χ3v) is 24.5. The Labute approximate surface area is 723 Å². The molecule has 10 aromatic heterocycles. The van der Waals surface area contributed by atoms with Crippen molar-refractivity contribution < 1.29 is 0 Å². The molecule has 0 aliphatic heterocycles. The lowest BCUT2D eigenvalue weighted by atomic mass is 10.1. The normalized spacial score (nSPS) is 11.7. The van der Waals surface area contributed by atoms with Crippen LogP contribution in [0.15, 0.2) is 449 Å². The smallest absolute Gasteiger partial charge is 0.237 e. The summed E-state index contributed by atoms with van der Waals surface area (Å²) in [5.41, 5.74) is 24.7. The van der Waals surface area contributed by atoms with Crippen molar-refractivity contribution in [2.75, 3.05) is 0 Å². The molecule has 0 bridgehead atoms. The highest BCUT2D eigenvalue weighted by atomic mass is 15.2. The lowest BCUT2D eigenvalue weighted by Gasteiger charge is -2.14. The van der Waals surface area contributed by atoms with Gasteiger partial charge in [0.15, 0.2) is 5.82 Å². The second kappa shape index (κ2) is 30.5. The first-order chi connectivity index (χ1) is 62.5. The van der Waals surface area contributed by atoms with Crippen molar-refractivity contribution in [1.82, 2.24) is 57.3 Å². The van der Waals surface area contributed by atoms with Gasteiger partial charge in [-0.1, -0.05) is 309 Å². The molecule has 0 aliphatic rings. The van der Waals surface area contributed by atoms with Gasteiger partial charge in [0, 0.05) is 111 Å². The molecule has 0 fully saturated rings. The summed E-state index contributed by atoms with van der Waals surface area (Å²) in [6.45, 7) is 0. The van der Waals surface area contributed by atoms with Crippen molar-refractivity contribution in [3.63, 3.8) is 0 Å². The first kappa shape index (κ1) is 72.8. The van der Waals surface area contributed by atoms with Crippen LogP contribution in [-0.2, 0) is 0 Å². The average molecular weight is 1610 g/mol. The van der Waals surface area contributed by atoms with Crippen LogP contribution >= 0.6 is 0 Å². The maximum Gasteiger partial charge on any atom is 0.237 e. The van der Waals surface area contributed by atoms with Gasteiger partial charge in [-0.05, 0) is 133 Å². The fourth-order valence-electron chi connectivity index (χ4n) is 18.8. The summed E-state index contributed by atoms with van der Waals surface area (Å²) in [6, 6.07) is 155. The van der Waals surface area contributed by atoms with Gasteiger partial charge in [0.1, 0.15) is 17.5 Å². The highest BCUT2D eigenvalue weighted by Gasteiger charge is 2.23. The number of para-hydroxylation sites is 12. The summed E-state index contributed by atoms with van der Waals surface area (Å²) in [5, 5.41) is 14.7. The van der Waals surface area contributed by atoms with Gasteiger partial charge in [-0.2, -0.15) is 4.98 Å². The van der Waals surface area contributed by atoms with Gasteiger partial charge in [0.25, 0.3) is 0 Å². The maximum absolute atomic E-state index is 5.38. The van der Waals surface area contributed by atoms with Gasteiger partial charge in [-0.3, -0.25) is 18.3 Å². The second-order valence-electron chi connectivity index (χ2n) is 31.7. The topological polar surface area (TPSA) is 107 Å². The zero-order chi connectivity index (χ0) is 83.1. The molecule has 10 heterocycles. The summed E-state index contributed by atoms with van der Waals surface area (Å²) in [7, 11) is 0. The van der Waals surface area contributed by atoms with E-state index in [0.717, 1.165) is 113 Å². The first-order valence-electron chi connectivity index (χ1n) is 42.5. The zero-order valence-corrected chi connectivity index (χ0v) is 68.1. The minimum Gasteiger partial charge on any atom is -0.309 e. The van der Waals surface area contributed by atoms with E-state index in [-0.39, 0.29) is 0 Å². The van der Waals surface area contributed by atoms with Crippen LogP contribution in [0, 0.1) is 0 Å². The van der Waals surface area contributed by atoms with Crippen LogP contribution in [0.2, 0.25) is 0 Å². The first-order valence-corrected chi connectivity index (χ1v) is 42.5. The van der Waals surface area contributed by atoms with Crippen molar-refractivity contribution in [2.24, 2.45) is 0 Å². The summed E-state index contributed by atoms with van der Waals surface area (Å²) in [4.78, 5) is 30.6. The monoisotopic (exact) mass is 1610 g/mol.